The predicted molar refractivity (Wildman–Crippen MR) is 79.7 cm³/mol. The van der Waals surface area contributed by atoms with Crippen LogP contribution in [-0.4, -0.2) is 53.8 Å². The van der Waals surface area contributed by atoms with E-state index in [2.05, 4.69) is 0 Å². The molecule has 1 heterocycles. The van der Waals surface area contributed by atoms with Gasteiger partial charge in [-0.05, 0) is 32.4 Å². The Labute approximate surface area is 129 Å². The van der Waals surface area contributed by atoms with E-state index >= 15 is 0 Å². The highest BCUT2D eigenvalue weighted by Gasteiger charge is 2.26. The fourth-order valence-electron chi connectivity index (χ4n) is 2.50. The number of benzene rings is 1. The predicted octanol–water partition coefficient (Wildman–Crippen LogP) is 1.49. The van der Waals surface area contributed by atoms with Crippen molar-refractivity contribution in [2.45, 2.75) is 33.0 Å². The molecule has 6 nitrogen and oxygen atoms in total. The number of hydrogen-bond donors (Lipinski definition) is 1. The van der Waals surface area contributed by atoms with Gasteiger partial charge in [-0.2, -0.15) is 0 Å². The van der Waals surface area contributed by atoms with Crippen molar-refractivity contribution in [3.63, 3.8) is 0 Å². The Kier molecular flexibility index (Phi) is 5.03. The average molecular weight is 307 g/mol. The van der Waals surface area contributed by atoms with Crippen LogP contribution in [0.4, 0.5) is 0 Å². The molecular weight excluding hydrogens is 286 g/mol. The van der Waals surface area contributed by atoms with Gasteiger partial charge < -0.3 is 19.5 Å². The lowest BCUT2D eigenvalue weighted by atomic mass is 10.1. The smallest absolute Gasteiger partial charge is 0.342 e. The lowest BCUT2D eigenvalue weighted by molar-refractivity contribution is -0.146. The molecule has 1 aromatic carbocycles. The van der Waals surface area contributed by atoms with Gasteiger partial charge in [0.15, 0.2) is 6.61 Å². The summed E-state index contributed by atoms with van der Waals surface area (Å²) in [5.41, 5.74) is 0.646. The second-order valence-electron chi connectivity index (χ2n) is 5.60. The maximum absolute atomic E-state index is 12.1. The van der Waals surface area contributed by atoms with Crippen LogP contribution in [0.3, 0.4) is 0 Å². The molecular formula is C16H21NO5. The Morgan fingerprint density at radius 3 is 2.59 bits per heavy atom. The Hall–Kier alpha value is -2.08. The number of carbonyl (C=O) groups is 2. The van der Waals surface area contributed by atoms with Gasteiger partial charge >= 0.3 is 5.97 Å². The lowest BCUT2D eigenvalue weighted by Crippen LogP contribution is -2.49. The van der Waals surface area contributed by atoms with E-state index in [1.165, 1.54) is 6.07 Å². The topological polar surface area (TPSA) is 76.1 Å². The van der Waals surface area contributed by atoms with Crippen LogP contribution in [0.25, 0.3) is 0 Å². The summed E-state index contributed by atoms with van der Waals surface area (Å²) >= 11 is 0. The summed E-state index contributed by atoms with van der Waals surface area (Å²) in [7, 11) is 0. The van der Waals surface area contributed by atoms with Gasteiger partial charge in [-0.1, -0.05) is 12.1 Å². The maximum Gasteiger partial charge on any atom is 0.342 e. The summed E-state index contributed by atoms with van der Waals surface area (Å²) in [5, 5.41) is 9.84. The fraction of sp³-hybridized carbons (Fsp3) is 0.500. The molecule has 22 heavy (non-hydrogen) atoms. The van der Waals surface area contributed by atoms with Crippen molar-refractivity contribution >= 4 is 11.9 Å². The van der Waals surface area contributed by atoms with Crippen molar-refractivity contribution in [3.8, 4) is 5.75 Å². The summed E-state index contributed by atoms with van der Waals surface area (Å²) in [5.74, 6) is -1.08. The molecule has 6 heteroatoms. The van der Waals surface area contributed by atoms with Crippen LogP contribution in [0, 0.1) is 6.92 Å². The Morgan fingerprint density at radius 1 is 1.32 bits per heavy atom. The monoisotopic (exact) mass is 307 g/mol. The van der Waals surface area contributed by atoms with Gasteiger partial charge in [-0.25, -0.2) is 4.79 Å². The summed E-state index contributed by atoms with van der Waals surface area (Å²) in [6, 6.07) is 4.81. The van der Waals surface area contributed by atoms with Crippen molar-refractivity contribution in [3.05, 3.63) is 29.3 Å². The van der Waals surface area contributed by atoms with Gasteiger partial charge in [0.05, 0.1) is 12.2 Å². The van der Waals surface area contributed by atoms with Crippen molar-refractivity contribution in [1.82, 2.24) is 4.90 Å². The molecule has 2 rings (SSSR count). The first-order valence-corrected chi connectivity index (χ1v) is 7.27. The molecule has 0 aromatic heterocycles. The quantitative estimate of drug-likeness (QED) is 0.856. The maximum atomic E-state index is 12.1. The molecule has 1 aliphatic rings. The number of phenols is 1. The third kappa shape index (κ3) is 3.76. The number of para-hydroxylation sites is 1. The third-order valence-corrected chi connectivity index (χ3v) is 3.56. The van der Waals surface area contributed by atoms with Crippen LogP contribution in [0.1, 0.15) is 29.8 Å². The first-order chi connectivity index (χ1) is 10.4. The molecule has 1 aliphatic heterocycles. The van der Waals surface area contributed by atoms with Crippen LogP contribution in [-0.2, 0) is 14.3 Å². The minimum atomic E-state index is -0.705. The SMILES string of the molecule is Cc1cccc(C(=O)OCC(=O)N2C[C@@H](C)O[C@@H](C)C2)c1O. The Morgan fingerprint density at radius 2 is 1.95 bits per heavy atom. The molecule has 120 valence electrons. The summed E-state index contributed by atoms with van der Waals surface area (Å²) < 4.78 is 10.6. The molecule has 2 atom stereocenters. The number of carbonyl (C=O) groups excluding carboxylic acids is 2. The van der Waals surface area contributed by atoms with E-state index < -0.39 is 5.97 Å². The number of rotatable bonds is 3. The van der Waals surface area contributed by atoms with Gasteiger partial charge in [-0.15, -0.1) is 0 Å². The molecule has 0 spiro atoms. The van der Waals surface area contributed by atoms with E-state index in [0.717, 1.165) is 0 Å². The standard InChI is InChI=1S/C16H21NO5/c1-10-5-4-6-13(15(10)19)16(20)21-9-14(18)17-7-11(2)22-12(3)8-17/h4-6,11-12,19H,7-9H2,1-3H3/t11-,12+. The van der Waals surface area contributed by atoms with Crippen molar-refractivity contribution < 1.29 is 24.2 Å². The molecule has 1 fully saturated rings. The van der Waals surface area contributed by atoms with Crippen molar-refractivity contribution in [2.75, 3.05) is 19.7 Å². The van der Waals surface area contributed by atoms with Crippen molar-refractivity contribution in [1.29, 1.82) is 0 Å². The molecule has 0 saturated carbocycles. The minimum absolute atomic E-state index is 0.0378. The largest absolute Gasteiger partial charge is 0.507 e. The van der Waals surface area contributed by atoms with Gasteiger partial charge in [0.1, 0.15) is 11.3 Å². The Bertz CT molecular complexity index is 562. The molecule has 0 radical (unpaired) electrons. The van der Waals surface area contributed by atoms with E-state index in [4.69, 9.17) is 9.47 Å². The molecule has 1 aromatic rings. The minimum Gasteiger partial charge on any atom is -0.507 e. The second-order valence-corrected chi connectivity index (χ2v) is 5.60. The molecule has 1 saturated heterocycles. The molecule has 0 unspecified atom stereocenters. The number of nitrogens with zero attached hydrogens (tertiary/aromatic N) is 1. The Balaban J connectivity index is 1.93. The number of hydrogen-bond acceptors (Lipinski definition) is 5. The van der Waals surface area contributed by atoms with Gasteiger partial charge in [0.25, 0.3) is 5.91 Å². The second kappa shape index (κ2) is 6.79. The summed E-state index contributed by atoms with van der Waals surface area (Å²) in [4.78, 5) is 25.7. The molecule has 1 N–H and O–H groups in total. The molecule has 1 amide bonds. The van der Waals surface area contributed by atoms with E-state index in [-0.39, 0.29) is 36.0 Å². The molecule has 0 aliphatic carbocycles. The van der Waals surface area contributed by atoms with E-state index in [1.807, 2.05) is 13.8 Å². The number of amides is 1. The van der Waals surface area contributed by atoms with Crippen LogP contribution >= 0.6 is 0 Å². The lowest BCUT2D eigenvalue weighted by Gasteiger charge is -2.35. The zero-order valence-corrected chi connectivity index (χ0v) is 13.0. The van der Waals surface area contributed by atoms with E-state index in [0.29, 0.717) is 18.7 Å². The summed E-state index contributed by atoms with van der Waals surface area (Å²) in [6.07, 6.45) is -0.0755. The van der Waals surface area contributed by atoms with Gasteiger partial charge in [-0.3, -0.25) is 4.79 Å². The van der Waals surface area contributed by atoms with Crippen LogP contribution < -0.4 is 0 Å². The zero-order chi connectivity index (χ0) is 16.3. The van der Waals surface area contributed by atoms with Crippen LogP contribution in [0.15, 0.2) is 18.2 Å². The van der Waals surface area contributed by atoms with E-state index in [9.17, 15) is 14.7 Å². The number of aromatic hydroxyl groups is 1. The van der Waals surface area contributed by atoms with Gasteiger partial charge in [0.2, 0.25) is 0 Å². The van der Waals surface area contributed by atoms with Gasteiger partial charge in [0, 0.05) is 13.1 Å². The van der Waals surface area contributed by atoms with Crippen LogP contribution in [0.2, 0.25) is 0 Å². The number of phenolic OH excluding ortho intramolecular Hbond substituents is 1. The first kappa shape index (κ1) is 16.3. The average Bonchev–Trinajstić information content (AvgIpc) is 2.46. The van der Waals surface area contributed by atoms with Crippen molar-refractivity contribution in [2.24, 2.45) is 0 Å². The fourth-order valence-corrected chi connectivity index (χ4v) is 2.50. The number of morpholine rings is 1. The highest BCUT2D eigenvalue weighted by molar-refractivity contribution is 5.94. The number of esters is 1. The third-order valence-electron chi connectivity index (χ3n) is 3.56. The summed E-state index contributed by atoms with van der Waals surface area (Å²) in [6.45, 7) is 6.10. The first-order valence-electron chi connectivity index (χ1n) is 7.27. The molecule has 0 bridgehead atoms. The highest BCUT2D eigenvalue weighted by atomic mass is 16.5. The zero-order valence-electron chi connectivity index (χ0n) is 13.0. The number of aryl methyl sites for hydroxylation is 1. The van der Waals surface area contributed by atoms with Crippen LogP contribution in [0.5, 0.6) is 5.75 Å². The normalized spacial score (nSPS) is 21.5. The highest BCUT2D eigenvalue weighted by Crippen LogP contribution is 2.22. The number of ether oxygens (including phenoxy) is 2. The van der Waals surface area contributed by atoms with E-state index in [1.54, 1.807) is 24.0 Å².